The van der Waals surface area contributed by atoms with E-state index in [-0.39, 0.29) is 12.2 Å². The lowest BCUT2D eigenvalue weighted by Gasteiger charge is -2.22. The number of hydrogen-bond donors (Lipinski definition) is 1. The first-order chi connectivity index (χ1) is 10.2. The molecule has 1 N–H and O–H groups in total. The molecule has 0 saturated carbocycles. The Morgan fingerprint density at radius 2 is 1.90 bits per heavy atom. The van der Waals surface area contributed by atoms with Gasteiger partial charge in [0.15, 0.2) is 0 Å². The van der Waals surface area contributed by atoms with Crippen LogP contribution in [0.15, 0.2) is 22.7 Å². The molecule has 1 aliphatic heterocycles. The normalized spacial score (nSPS) is 22.0. The highest BCUT2D eigenvalue weighted by Crippen LogP contribution is 2.29. The second-order valence-electron chi connectivity index (χ2n) is 5.40. The van der Waals surface area contributed by atoms with Crippen molar-refractivity contribution in [3.63, 3.8) is 0 Å². The van der Waals surface area contributed by atoms with Crippen molar-refractivity contribution in [3.8, 4) is 0 Å². The first-order valence-electron chi connectivity index (χ1n) is 7.49. The number of anilines is 1. The van der Waals surface area contributed by atoms with Crippen LogP contribution in [0.25, 0.3) is 0 Å². The summed E-state index contributed by atoms with van der Waals surface area (Å²) in [6.45, 7) is 5.85. The van der Waals surface area contributed by atoms with Crippen LogP contribution in [0, 0.1) is 0 Å². The second-order valence-corrected chi connectivity index (χ2v) is 6.32. The molecule has 0 aromatic heterocycles. The van der Waals surface area contributed by atoms with E-state index in [2.05, 4.69) is 51.3 Å². The molecule has 2 unspecified atom stereocenters. The Labute approximate surface area is 135 Å². The molecular formula is C16H25BrN2O2. The maximum Gasteiger partial charge on any atom is 0.102 e. The van der Waals surface area contributed by atoms with Crippen molar-refractivity contribution in [2.45, 2.75) is 32.1 Å². The van der Waals surface area contributed by atoms with Crippen molar-refractivity contribution in [1.82, 2.24) is 5.32 Å². The first kappa shape index (κ1) is 16.7. The Balaban J connectivity index is 2.15. The standard InChI is InChI=1S/C16H25BrN2O2/c1-4-7-18-9-12-8-13(17)5-6-14(12)19-10-15(20-2)16(11-19)21-3/h5-6,8,15-16,18H,4,7,9-11H2,1-3H3. The van der Waals surface area contributed by atoms with E-state index >= 15 is 0 Å². The van der Waals surface area contributed by atoms with Crippen LogP contribution in [0.2, 0.25) is 0 Å². The largest absolute Gasteiger partial charge is 0.377 e. The molecule has 21 heavy (non-hydrogen) atoms. The molecule has 0 spiro atoms. The van der Waals surface area contributed by atoms with Gasteiger partial charge in [-0.05, 0) is 36.7 Å². The van der Waals surface area contributed by atoms with Gasteiger partial charge in [-0.2, -0.15) is 0 Å². The van der Waals surface area contributed by atoms with Gasteiger partial charge in [-0.15, -0.1) is 0 Å². The zero-order valence-corrected chi connectivity index (χ0v) is 14.6. The topological polar surface area (TPSA) is 33.7 Å². The lowest BCUT2D eigenvalue weighted by Crippen LogP contribution is -2.27. The highest BCUT2D eigenvalue weighted by atomic mass is 79.9. The summed E-state index contributed by atoms with van der Waals surface area (Å²) in [7, 11) is 3.51. The van der Waals surface area contributed by atoms with E-state index in [1.807, 2.05) is 0 Å². The predicted molar refractivity (Wildman–Crippen MR) is 89.9 cm³/mol. The van der Waals surface area contributed by atoms with Gasteiger partial charge in [0, 0.05) is 44.0 Å². The van der Waals surface area contributed by atoms with Crippen LogP contribution in [0.1, 0.15) is 18.9 Å². The van der Waals surface area contributed by atoms with Crippen molar-refractivity contribution in [3.05, 3.63) is 28.2 Å². The molecular weight excluding hydrogens is 332 g/mol. The number of hydrogen-bond acceptors (Lipinski definition) is 4. The van der Waals surface area contributed by atoms with Crippen molar-refractivity contribution >= 4 is 21.6 Å². The zero-order valence-electron chi connectivity index (χ0n) is 13.1. The molecule has 0 aliphatic carbocycles. The minimum atomic E-state index is 0.134. The lowest BCUT2D eigenvalue weighted by atomic mass is 10.1. The Morgan fingerprint density at radius 3 is 2.48 bits per heavy atom. The molecule has 0 bridgehead atoms. The van der Waals surface area contributed by atoms with E-state index in [0.29, 0.717) is 0 Å². The molecule has 2 atom stereocenters. The number of ether oxygens (including phenoxy) is 2. The molecule has 118 valence electrons. The number of nitrogens with zero attached hydrogens (tertiary/aromatic N) is 1. The minimum absolute atomic E-state index is 0.134. The van der Waals surface area contributed by atoms with Gasteiger partial charge in [-0.3, -0.25) is 0 Å². The van der Waals surface area contributed by atoms with Crippen molar-refractivity contribution < 1.29 is 9.47 Å². The summed E-state index contributed by atoms with van der Waals surface area (Å²) in [6, 6.07) is 6.47. The van der Waals surface area contributed by atoms with Crippen LogP contribution in [0.4, 0.5) is 5.69 Å². The number of benzene rings is 1. The van der Waals surface area contributed by atoms with Crippen LogP contribution < -0.4 is 10.2 Å². The van der Waals surface area contributed by atoms with Gasteiger partial charge < -0.3 is 19.7 Å². The lowest BCUT2D eigenvalue weighted by molar-refractivity contribution is -0.00461. The molecule has 2 rings (SSSR count). The van der Waals surface area contributed by atoms with Gasteiger partial charge in [0.2, 0.25) is 0 Å². The fraction of sp³-hybridized carbons (Fsp3) is 0.625. The third kappa shape index (κ3) is 4.19. The summed E-state index contributed by atoms with van der Waals surface area (Å²) in [5, 5.41) is 3.48. The van der Waals surface area contributed by atoms with Crippen LogP contribution in [0.5, 0.6) is 0 Å². The summed E-state index contributed by atoms with van der Waals surface area (Å²) in [6.07, 6.45) is 1.41. The van der Waals surface area contributed by atoms with Gasteiger partial charge in [0.1, 0.15) is 12.2 Å². The van der Waals surface area contributed by atoms with Gasteiger partial charge in [-0.25, -0.2) is 0 Å². The fourth-order valence-corrected chi connectivity index (χ4v) is 3.21. The zero-order chi connectivity index (χ0) is 15.2. The summed E-state index contributed by atoms with van der Waals surface area (Å²) in [4.78, 5) is 2.36. The molecule has 0 amide bonds. The van der Waals surface area contributed by atoms with Crippen molar-refractivity contribution in [1.29, 1.82) is 0 Å². The quantitative estimate of drug-likeness (QED) is 0.761. The summed E-state index contributed by atoms with van der Waals surface area (Å²) >= 11 is 3.57. The number of nitrogens with one attached hydrogen (secondary N) is 1. The Morgan fingerprint density at radius 1 is 1.24 bits per heavy atom. The minimum Gasteiger partial charge on any atom is -0.377 e. The predicted octanol–water partition coefficient (Wildman–Crippen LogP) is 2.80. The van der Waals surface area contributed by atoms with Gasteiger partial charge in [0.05, 0.1) is 0 Å². The van der Waals surface area contributed by atoms with E-state index in [4.69, 9.17) is 9.47 Å². The molecule has 1 saturated heterocycles. The number of methoxy groups -OCH3 is 2. The number of halogens is 1. The monoisotopic (exact) mass is 356 g/mol. The van der Waals surface area contributed by atoms with E-state index < -0.39 is 0 Å². The van der Waals surface area contributed by atoms with Crippen LogP contribution >= 0.6 is 15.9 Å². The molecule has 5 heteroatoms. The molecule has 1 aliphatic rings. The van der Waals surface area contributed by atoms with Crippen molar-refractivity contribution in [2.75, 3.05) is 38.8 Å². The van der Waals surface area contributed by atoms with Gasteiger partial charge >= 0.3 is 0 Å². The molecule has 1 heterocycles. The molecule has 1 aromatic rings. The summed E-state index contributed by atoms with van der Waals surface area (Å²) < 4.78 is 12.2. The third-order valence-electron chi connectivity index (χ3n) is 3.95. The van der Waals surface area contributed by atoms with Crippen LogP contribution in [-0.2, 0) is 16.0 Å². The SMILES string of the molecule is CCCNCc1cc(Br)ccc1N1CC(OC)C(OC)C1. The highest BCUT2D eigenvalue weighted by Gasteiger charge is 2.33. The van der Waals surface area contributed by atoms with Crippen LogP contribution in [0.3, 0.4) is 0 Å². The Bertz CT molecular complexity index is 444. The maximum atomic E-state index is 5.54. The Hall–Kier alpha value is -0.620. The Kier molecular flexibility index (Phi) is 6.48. The van der Waals surface area contributed by atoms with Gasteiger partial charge in [0.25, 0.3) is 0 Å². The molecule has 4 nitrogen and oxygen atoms in total. The smallest absolute Gasteiger partial charge is 0.102 e. The molecule has 1 fully saturated rings. The van der Waals surface area contributed by atoms with E-state index in [1.54, 1.807) is 14.2 Å². The second kappa shape index (κ2) is 8.13. The average Bonchev–Trinajstić information content (AvgIpc) is 2.91. The molecule has 0 radical (unpaired) electrons. The summed E-state index contributed by atoms with van der Waals surface area (Å²) in [5.41, 5.74) is 2.58. The number of rotatable bonds is 7. The van der Waals surface area contributed by atoms with E-state index in [1.165, 1.54) is 11.3 Å². The van der Waals surface area contributed by atoms with Crippen molar-refractivity contribution in [2.24, 2.45) is 0 Å². The maximum absolute atomic E-state index is 5.54. The fourth-order valence-electron chi connectivity index (χ4n) is 2.80. The van der Waals surface area contributed by atoms with Gasteiger partial charge in [-0.1, -0.05) is 22.9 Å². The highest BCUT2D eigenvalue weighted by molar-refractivity contribution is 9.10. The molecule has 1 aromatic carbocycles. The van der Waals surface area contributed by atoms with Crippen LogP contribution in [-0.4, -0.2) is 46.1 Å². The average molecular weight is 357 g/mol. The summed E-state index contributed by atoms with van der Waals surface area (Å²) in [5.74, 6) is 0. The van der Waals surface area contributed by atoms with E-state index in [9.17, 15) is 0 Å². The van der Waals surface area contributed by atoms with E-state index in [0.717, 1.165) is 37.1 Å². The first-order valence-corrected chi connectivity index (χ1v) is 8.28. The third-order valence-corrected chi connectivity index (χ3v) is 4.44.